The smallest absolute Gasteiger partial charge is 0.232 e. The van der Waals surface area contributed by atoms with Gasteiger partial charge in [-0.1, -0.05) is 38.1 Å². The van der Waals surface area contributed by atoms with Crippen LogP contribution in [-0.4, -0.2) is 27.8 Å². The number of anilines is 1. The van der Waals surface area contributed by atoms with Gasteiger partial charge in [-0.25, -0.2) is 9.07 Å². The molecule has 6 nitrogen and oxygen atoms in total. The fourth-order valence-electron chi connectivity index (χ4n) is 3.80. The zero-order valence-electron chi connectivity index (χ0n) is 16.6. The Morgan fingerprint density at radius 1 is 1.07 bits per heavy atom. The van der Waals surface area contributed by atoms with Crippen molar-refractivity contribution in [1.29, 1.82) is 0 Å². The number of amides is 1. The Balaban J connectivity index is 1.82. The first-order chi connectivity index (χ1) is 14.0. The standard InChI is InChI=1S/C22H23FN4O2/c1-14(2)21(28)26-19(15-6-10-18(29-3)11-7-15)12-20(27-22(26)24-13-25-27)16-4-8-17(23)9-5-16/h4-11,13-14,19-20H,12H2,1-3H3/t19-,20+/m0/s1. The number of rotatable bonds is 4. The fraction of sp³-hybridized carbons (Fsp3) is 0.318. The second kappa shape index (κ2) is 7.66. The summed E-state index contributed by atoms with van der Waals surface area (Å²) < 4.78 is 20.5. The third-order valence-corrected chi connectivity index (χ3v) is 5.31. The maximum atomic E-state index is 13.5. The van der Waals surface area contributed by atoms with E-state index in [1.165, 1.54) is 18.5 Å². The summed E-state index contributed by atoms with van der Waals surface area (Å²) >= 11 is 0. The second-order valence-corrected chi connectivity index (χ2v) is 7.46. The van der Waals surface area contributed by atoms with Crippen LogP contribution in [0.3, 0.4) is 0 Å². The Morgan fingerprint density at radius 2 is 1.69 bits per heavy atom. The molecule has 7 heteroatoms. The minimum atomic E-state index is -0.285. The van der Waals surface area contributed by atoms with Gasteiger partial charge in [-0.15, -0.1) is 0 Å². The summed E-state index contributed by atoms with van der Waals surface area (Å²) in [5, 5.41) is 4.38. The predicted octanol–water partition coefficient (Wildman–Crippen LogP) is 4.15. The van der Waals surface area contributed by atoms with Crippen LogP contribution in [0.25, 0.3) is 0 Å². The maximum Gasteiger partial charge on any atom is 0.232 e. The van der Waals surface area contributed by atoms with Crippen LogP contribution in [0.1, 0.15) is 43.5 Å². The number of carbonyl (C=O) groups is 1. The van der Waals surface area contributed by atoms with Crippen molar-refractivity contribution >= 4 is 11.9 Å². The van der Waals surface area contributed by atoms with Crippen molar-refractivity contribution in [2.75, 3.05) is 12.0 Å². The number of carbonyl (C=O) groups excluding carboxylic acids is 1. The van der Waals surface area contributed by atoms with Crippen LogP contribution in [-0.2, 0) is 4.79 Å². The first-order valence-electron chi connectivity index (χ1n) is 9.61. The lowest BCUT2D eigenvalue weighted by Crippen LogP contribution is -2.44. The minimum absolute atomic E-state index is 0.0161. The molecule has 1 amide bonds. The topological polar surface area (TPSA) is 60.2 Å². The number of fused-ring (bicyclic) bond motifs is 1. The van der Waals surface area contributed by atoms with Crippen LogP contribution in [0.4, 0.5) is 10.3 Å². The zero-order valence-corrected chi connectivity index (χ0v) is 16.6. The molecule has 150 valence electrons. The molecule has 29 heavy (non-hydrogen) atoms. The van der Waals surface area contributed by atoms with Crippen LogP contribution in [0.2, 0.25) is 0 Å². The van der Waals surface area contributed by atoms with Gasteiger partial charge in [0.15, 0.2) is 0 Å². The molecule has 1 aromatic heterocycles. The predicted molar refractivity (Wildman–Crippen MR) is 107 cm³/mol. The Morgan fingerprint density at radius 3 is 2.31 bits per heavy atom. The van der Waals surface area contributed by atoms with E-state index in [0.717, 1.165) is 16.9 Å². The number of halogens is 1. The molecule has 2 atom stereocenters. The summed E-state index contributed by atoms with van der Waals surface area (Å²) in [6.07, 6.45) is 2.07. The van der Waals surface area contributed by atoms with Gasteiger partial charge < -0.3 is 4.74 Å². The van der Waals surface area contributed by atoms with Crippen molar-refractivity contribution in [3.63, 3.8) is 0 Å². The van der Waals surface area contributed by atoms with Gasteiger partial charge in [0.1, 0.15) is 17.9 Å². The summed E-state index contributed by atoms with van der Waals surface area (Å²) in [5.41, 5.74) is 1.91. The van der Waals surface area contributed by atoms with E-state index in [1.54, 1.807) is 28.8 Å². The molecule has 4 rings (SSSR count). The van der Waals surface area contributed by atoms with Crippen LogP contribution >= 0.6 is 0 Å². The molecule has 2 heterocycles. The monoisotopic (exact) mass is 394 g/mol. The van der Waals surface area contributed by atoms with Crippen LogP contribution in [0, 0.1) is 11.7 Å². The van der Waals surface area contributed by atoms with E-state index in [2.05, 4.69) is 10.1 Å². The summed E-state index contributed by atoms with van der Waals surface area (Å²) in [4.78, 5) is 19.3. The van der Waals surface area contributed by atoms with Crippen molar-refractivity contribution in [3.8, 4) is 5.75 Å². The Bertz CT molecular complexity index is 998. The number of methoxy groups -OCH3 is 1. The van der Waals surface area contributed by atoms with Crippen molar-refractivity contribution < 1.29 is 13.9 Å². The molecular weight excluding hydrogens is 371 g/mol. The van der Waals surface area contributed by atoms with E-state index in [-0.39, 0.29) is 29.7 Å². The lowest BCUT2D eigenvalue weighted by Gasteiger charge is -2.40. The van der Waals surface area contributed by atoms with Gasteiger partial charge >= 0.3 is 0 Å². The first-order valence-corrected chi connectivity index (χ1v) is 9.61. The largest absolute Gasteiger partial charge is 0.497 e. The van der Waals surface area contributed by atoms with Gasteiger partial charge in [0, 0.05) is 5.92 Å². The third kappa shape index (κ3) is 3.48. The van der Waals surface area contributed by atoms with Crippen molar-refractivity contribution in [2.24, 2.45) is 5.92 Å². The van der Waals surface area contributed by atoms with E-state index in [9.17, 15) is 9.18 Å². The number of ether oxygens (including phenoxy) is 1. The molecule has 2 aromatic carbocycles. The maximum absolute atomic E-state index is 13.5. The average molecular weight is 394 g/mol. The van der Waals surface area contributed by atoms with Crippen molar-refractivity contribution in [3.05, 3.63) is 71.8 Å². The van der Waals surface area contributed by atoms with E-state index < -0.39 is 0 Å². The number of aromatic nitrogens is 3. The number of hydrogen-bond acceptors (Lipinski definition) is 4. The molecule has 1 aliphatic rings. The highest BCUT2D eigenvalue weighted by molar-refractivity contribution is 5.94. The molecule has 0 radical (unpaired) electrons. The third-order valence-electron chi connectivity index (χ3n) is 5.31. The minimum Gasteiger partial charge on any atom is -0.497 e. The van der Waals surface area contributed by atoms with Crippen molar-refractivity contribution in [2.45, 2.75) is 32.4 Å². The quantitative estimate of drug-likeness (QED) is 0.667. The number of nitrogens with zero attached hydrogens (tertiary/aromatic N) is 4. The van der Waals surface area contributed by atoms with Crippen LogP contribution < -0.4 is 9.64 Å². The van der Waals surface area contributed by atoms with Gasteiger partial charge in [-0.2, -0.15) is 10.1 Å². The van der Waals surface area contributed by atoms with Gasteiger partial charge in [0.2, 0.25) is 11.9 Å². The molecule has 0 N–H and O–H groups in total. The molecular formula is C22H23FN4O2. The average Bonchev–Trinajstić information content (AvgIpc) is 3.22. The second-order valence-electron chi connectivity index (χ2n) is 7.46. The molecule has 0 saturated heterocycles. The van der Waals surface area contributed by atoms with Crippen LogP contribution in [0.15, 0.2) is 54.9 Å². The van der Waals surface area contributed by atoms with Gasteiger partial charge in [-0.3, -0.25) is 9.69 Å². The Hall–Kier alpha value is -3.22. The summed E-state index contributed by atoms with van der Waals surface area (Å²) in [7, 11) is 1.62. The molecule has 0 aliphatic carbocycles. The highest BCUT2D eigenvalue weighted by Gasteiger charge is 2.39. The molecule has 0 unspecified atom stereocenters. The SMILES string of the molecule is COc1ccc([C@@H]2C[C@H](c3ccc(F)cc3)n3ncnc3N2C(=O)C(C)C)cc1. The number of hydrogen-bond donors (Lipinski definition) is 0. The van der Waals surface area contributed by atoms with Gasteiger partial charge in [0.25, 0.3) is 0 Å². The highest BCUT2D eigenvalue weighted by atomic mass is 19.1. The summed E-state index contributed by atoms with van der Waals surface area (Å²) in [6.45, 7) is 3.75. The lowest BCUT2D eigenvalue weighted by molar-refractivity contribution is -0.122. The number of benzene rings is 2. The zero-order chi connectivity index (χ0) is 20.5. The first kappa shape index (κ1) is 19.1. The summed E-state index contributed by atoms with van der Waals surface area (Å²) in [6, 6.07) is 13.8. The van der Waals surface area contributed by atoms with E-state index in [1.807, 2.05) is 38.1 Å². The van der Waals surface area contributed by atoms with E-state index in [0.29, 0.717) is 12.4 Å². The Kier molecular flexibility index (Phi) is 5.05. The Labute approximate surface area is 168 Å². The van der Waals surface area contributed by atoms with Crippen molar-refractivity contribution in [1.82, 2.24) is 14.8 Å². The van der Waals surface area contributed by atoms with Gasteiger partial charge in [0.05, 0.1) is 19.2 Å². The molecule has 0 fully saturated rings. The molecule has 0 bridgehead atoms. The fourth-order valence-corrected chi connectivity index (χ4v) is 3.80. The molecule has 1 aliphatic heterocycles. The summed E-state index contributed by atoms with van der Waals surface area (Å²) in [5.74, 6) is 0.766. The molecule has 0 saturated carbocycles. The highest BCUT2D eigenvalue weighted by Crippen LogP contribution is 2.42. The molecule has 0 spiro atoms. The normalized spacial score (nSPS) is 18.6. The van der Waals surface area contributed by atoms with E-state index >= 15 is 0 Å². The molecule has 3 aromatic rings. The lowest BCUT2D eigenvalue weighted by atomic mass is 9.91. The van der Waals surface area contributed by atoms with E-state index in [4.69, 9.17) is 4.74 Å². The van der Waals surface area contributed by atoms with Crippen LogP contribution in [0.5, 0.6) is 5.75 Å². The van der Waals surface area contributed by atoms with Gasteiger partial charge in [-0.05, 0) is 41.8 Å².